The average Bonchev–Trinajstić information content (AvgIpc) is 2.85. The highest BCUT2D eigenvalue weighted by atomic mass is 16.7. The summed E-state index contributed by atoms with van der Waals surface area (Å²) in [6, 6.07) is 10.5. The van der Waals surface area contributed by atoms with Crippen molar-refractivity contribution in [1.29, 1.82) is 0 Å². The number of β-lactam (4-membered cyclic amide) rings is 1. The van der Waals surface area contributed by atoms with Crippen LogP contribution in [0, 0.1) is 26.1 Å². The number of hydrogen-bond donors (Lipinski definition) is 1. The summed E-state index contributed by atoms with van der Waals surface area (Å²) in [5.41, 5.74) is -0.364. The SMILES string of the molecule is CC(C)(OC(=O)OCc1ccc([N+](=O)[O-])cc1)[C@H]1C(=O)N[C@H]1COCC(=O)OCc1ccc([N+](=O)[O-])cc1. The number of hydrogen-bond acceptors (Lipinski definition) is 11. The van der Waals surface area contributed by atoms with Gasteiger partial charge in [0.15, 0.2) is 0 Å². The van der Waals surface area contributed by atoms with Gasteiger partial charge < -0.3 is 24.3 Å². The molecule has 38 heavy (non-hydrogen) atoms. The Morgan fingerprint density at radius 1 is 0.895 bits per heavy atom. The number of rotatable bonds is 12. The van der Waals surface area contributed by atoms with Crippen molar-refractivity contribution in [1.82, 2.24) is 5.32 Å². The second kappa shape index (κ2) is 12.1. The molecule has 2 atom stereocenters. The van der Waals surface area contributed by atoms with Crippen molar-refractivity contribution in [2.75, 3.05) is 13.2 Å². The number of nitrogens with zero attached hydrogens (tertiary/aromatic N) is 2. The molecular weight excluding hydrogens is 506 g/mol. The van der Waals surface area contributed by atoms with Gasteiger partial charge in [-0.25, -0.2) is 9.59 Å². The molecule has 0 saturated carbocycles. The Labute approximate surface area is 216 Å². The highest BCUT2D eigenvalue weighted by Gasteiger charge is 2.51. The fraction of sp³-hybridized carbons (Fsp3) is 0.375. The van der Waals surface area contributed by atoms with Gasteiger partial charge in [-0.15, -0.1) is 0 Å². The van der Waals surface area contributed by atoms with E-state index in [1.165, 1.54) is 62.4 Å². The van der Waals surface area contributed by atoms with Gasteiger partial charge in [0.25, 0.3) is 11.4 Å². The minimum Gasteiger partial charge on any atom is -0.459 e. The fourth-order valence-corrected chi connectivity index (χ4v) is 3.73. The molecule has 0 bridgehead atoms. The number of nitrogens with one attached hydrogen (secondary N) is 1. The summed E-state index contributed by atoms with van der Waals surface area (Å²) in [5.74, 6) is -1.81. The lowest BCUT2D eigenvalue weighted by molar-refractivity contribution is -0.385. The minimum absolute atomic E-state index is 0.0479. The van der Waals surface area contributed by atoms with Crippen LogP contribution in [0.2, 0.25) is 0 Å². The van der Waals surface area contributed by atoms with E-state index in [1.54, 1.807) is 0 Å². The third kappa shape index (κ3) is 7.46. The number of benzene rings is 2. The molecule has 0 unspecified atom stereocenters. The topological polar surface area (TPSA) is 186 Å². The minimum atomic E-state index is -1.26. The molecule has 14 heteroatoms. The molecule has 1 aliphatic heterocycles. The van der Waals surface area contributed by atoms with Crippen molar-refractivity contribution < 1.29 is 43.2 Å². The number of carbonyl (C=O) groups is 3. The summed E-state index contributed by atoms with van der Waals surface area (Å²) in [6.45, 7) is 2.35. The zero-order valence-corrected chi connectivity index (χ0v) is 20.5. The lowest BCUT2D eigenvalue weighted by Gasteiger charge is -2.44. The Hall–Kier alpha value is -4.59. The molecule has 3 rings (SSSR count). The van der Waals surface area contributed by atoms with Crippen LogP contribution < -0.4 is 5.32 Å². The van der Waals surface area contributed by atoms with Gasteiger partial charge in [0.2, 0.25) is 5.91 Å². The Morgan fingerprint density at radius 3 is 1.87 bits per heavy atom. The van der Waals surface area contributed by atoms with E-state index in [2.05, 4.69) is 5.32 Å². The normalized spacial score (nSPS) is 16.5. The summed E-state index contributed by atoms with van der Waals surface area (Å²) in [4.78, 5) is 56.6. The molecule has 1 aliphatic rings. The van der Waals surface area contributed by atoms with Crippen LogP contribution in [0.15, 0.2) is 48.5 Å². The van der Waals surface area contributed by atoms with E-state index >= 15 is 0 Å². The van der Waals surface area contributed by atoms with Gasteiger partial charge in [-0.05, 0) is 49.2 Å². The van der Waals surface area contributed by atoms with Crippen molar-refractivity contribution in [3.05, 3.63) is 79.9 Å². The molecule has 0 radical (unpaired) electrons. The van der Waals surface area contributed by atoms with Gasteiger partial charge >= 0.3 is 12.1 Å². The first kappa shape index (κ1) is 28.0. The maximum Gasteiger partial charge on any atom is 0.509 e. The molecule has 0 aromatic heterocycles. The van der Waals surface area contributed by atoms with Crippen LogP contribution in [-0.2, 0) is 41.8 Å². The van der Waals surface area contributed by atoms with Crippen LogP contribution in [0.25, 0.3) is 0 Å². The quantitative estimate of drug-likeness (QED) is 0.184. The Balaban J connectivity index is 1.40. The summed E-state index contributed by atoms with van der Waals surface area (Å²) < 4.78 is 20.8. The fourth-order valence-electron chi connectivity index (χ4n) is 3.73. The van der Waals surface area contributed by atoms with E-state index in [0.29, 0.717) is 11.1 Å². The summed E-state index contributed by atoms with van der Waals surface area (Å²) in [5, 5.41) is 24.0. The number of carbonyl (C=O) groups excluding carboxylic acids is 3. The number of nitro benzene ring substituents is 2. The highest BCUT2D eigenvalue weighted by Crippen LogP contribution is 2.31. The van der Waals surface area contributed by atoms with E-state index < -0.39 is 46.1 Å². The van der Waals surface area contributed by atoms with Crippen molar-refractivity contribution in [3.8, 4) is 0 Å². The van der Waals surface area contributed by atoms with E-state index in [1.807, 2.05) is 0 Å². The van der Waals surface area contributed by atoms with Gasteiger partial charge in [0, 0.05) is 24.3 Å². The lowest BCUT2D eigenvalue weighted by Crippen LogP contribution is -2.67. The standard InChI is InChI=1S/C24H25N3O11/c1-24(2,38-23(30)37-12-16-5-9-18(10-6-16)27(33)34)21-19(25-22(21)29)13-35-14-20(28)36-11-15-3-7-17(8-4-15)26(31)32/h3-10,19,21H,11-14H2,1-2H3,(H,25,29)/t19-,21+/m0/s1. The van der Waals surface area contributed by atoms with E-state index in [0.717, 1.165) is 0 Å². The smallest absolute Gasteiger partial charge is 0.459 e. The zero-order valence-electron chi connectivity index (χ0n) is 20.5. The van der Waals surface area contributed by atoms with Crippen LogP contribution in [0.1, 0.15) is 25.0 Å². The van der Waals surface area contributed by atoms with Gasteiger partial charge in [-0.2, -0.15) is 0 Å². The van der Waals surface area contributed by atoms with Gasteiger partial charge in [-0.3, -0.25) is 25.0 Å². The van der Waals surface area contributed by atoms with Crippen molar-refractivity contribution >= 4 is 29.4 Å². The van der Waals surface area contributed by atoms with Crippen LogP contribution in [0.3, 0.4) is 0 Å². The Bertz CT molecular complexity index is 1200. The number of non-ortho nitro benzene ring substituents is 2. The predicted octanol–water partition coefficient (Wildman–Crippen LogP) is 2.81. The van der Waals surface area contributed by atoms with Gasteiger partial charge in [0.05, 0.1) is 28.4 Å². The van der Waals surface area contributed by atoms with E-state index in [-0.39, 0.29) is 37.1 Å². The van der Waals surface area contributed by atoms with Gasteiger partial charge in [-0.1, -0.05) is 0 Å². The number of esters is 1. The molecule has 202 valence electrons. The summed E-state index contributed by atoms with van der Waals surface area (Å²) >= 11 is 0. The maximum absolute atomic E-state index is 12.2. The first-order chi connectivity index (χ1) is 18.0. The average molecular weight is 531 g/mol. The number of amides is 1. The van der Waals surface area contributed by atoms with E-state index in [4.69, 9.17) is 18.9 Å². The molecule has 1 fully saturated rings. The monoisotopic (exact) mass is 531 g/mol. The van der Waals surface area contributed by atoms with Crippen LogP contribution in [-0.4, -0.2) is 52.7 Å². The van der Waals surface area contributed by atoms with Crippen molar-refractivity contribution in [2.24, 2.45) is 5.92 Å². The second-order valence-electron chi connectivity index (χ2n) is 8.86. The first-order valence-corrected chi connectivity index (χ1v) is 11.3. The molecule has 2 aromatic carbocycles. The number of nitro groups is 2. The molecule has 1 heterocycles. The van der Waals surface area contributed by atoms with Crippen LogP contribution in [0.4, 0.5) is 16.2 Å². The molecule has 1 N–H and O–H groups in total. The molecule has 1 saturated heterocycles. The molecule has 0 spiro atoms. The third-order valence-electron chi connectivity index (χ3n) is 5.68. The molecule has 14 nitrogen and oxygen atoms in total. The summed E-state index contributed by atoms with van der Waals surface area (Å²) in [7, 11) is 0. The van der Waals surface area contributed by atoms with Crippen LogP contribution in [0.5, 0.6) is 0 Å². The van der Waals surface area contributed by atoms with Crippen molar-refractivity contribution in [3.63, 3.8) is 0 Å². The first-order valence-electron chi connectivity index (χ1n) is 11.3. The Kier molecular flexibility index (Phi) is 8.91. The highest BCUT2D eigenvalue weighted by molar-refractivity contribution is 5.87. The van der Waals surface area contributed by atoms with Crippen LogP contribution >= 0.6 is 0 Å². The van der Waals surface area contributed by atoms with Gasteiger partial charge in [0.1, 0.15) is 25.4 Å². The predicted molar refractivity (Wildman–Crippen MR) is 128 cm³/mol. The lowest BCUT2D eigenvalue weighted by atomic mass is 9.78. The van der Waals surface area contributed by atoms with E-state index in [9.17, 15) is 34.6 Å². The largest absolute Gasteiger partial charge is 0.509 e. The molecule has 0 aliphatic carbocycles. The second-order valence-corrected chi connectivity index (χ2v) is 8.86. The van der Waals surface area contributed by atoms with Crippen molar-refractivity contribution in [2.45, 2.75) is 38.7 Å². The maximum atomic E-state index is 12.2. The Morgan fingerprint density at radius 2 is 1.39 bits per heavy atom. The molecule has 2 aromatic rings. The summed E-state index contributed by atoms with van der Waals surface area (Å²) in [6.07, 6.45) is -1.03. The molecule has 1 amide bonds. The third-order valence-corrected chi connectivity index (χ3v) is 5.68. The molecular formula is C24H25N3O11. The zero-order chi connectivity index (χ0) is 27.9. The number of ether oxygens (including phenoxy) is 4.